The van der Waals surface area contributed by atoms with Gasteiger partial charge in [0.25, 0.3) is 0 Å². The maximum atomic E-state index is 6.18. The van der Waals surface area contributed by atoms with Crippen molar-refractivity contribution in [1.82, 2.24) is 0 Å². The molecule has 0 atom stereocenters. The van der Waals surface area contributed by atoms with Gasteiger partial charge in [0.1, 0.15) is 0 Å². The summed E-state index contributed by atoms with van der Waals surface area (Å²) in [4.78, 5) is 0. The molecular weight excluding hydrogens is 357 g/mol. The van der Waals surface area contributed by atoms with E-state index in [-0.39, 0.29) is 15.0 Å². The molecule has 0 spiro atoms. The zero-order valence-corrected chi connectivity index (χ0v) is 14.5. The van der Waals surface area contributed by atoms with Crippen LogP contribution in [0, 0.1) is 0 Å². The van der Waals surface area contributed by atoms with Crippen LogP contribution in [0.3, 0.4) is 0 Å². The fourth-order valence-corrected chi connectivity index (χ4v) is 4.52. The minimum atomic E-state index is 0.241. The second kappa shape index (κ2) is 7.51. The number of rotatable bonds is 5. The molecule has 0 amide bonds. The van der Waals surface area contributed by atoms with E-state index in [1.165, 1.54) is 14.5 Å². The summed E-state index contributed by atoms with van der Waals surface area (Å²) >= 11 is 6.42. The summed E-state index contributed by atoms with van der Waals surface area (Å²) in [5.74, 6) is 0. The molecule has 0 radical (unpaired) electrons. The van der Waals surface area contributed by atoms with Gasteiger partial charge in [0.05, 0.1) is 0 Å². The molecule has 110 valence electrons. The summed E-state index contributed by atoms with van der Waals surface area (Å²) in [5.41, 5.74) is 2.44. The molecule has 3 heteroatoms. The van der Waals surface area contributed by atoms with Crippen LogP contribution in [0.4, 0.5) is 5.69 Å². The van der Waals surface area contributed by atoms with Gasteiger partial charge in [-0.25, -0.2) is 0 Å². The molecule has 0 saturated heterocycles. The Morgan fingerprint density at radius 1 is 0.818 bits per heavy atom. The number of hydrogen-bond acceptors (Lipinski definition) is 1. The van der Waals surface area contributed by atoms with Crippen molar-refractivity contribution in [1.29, 1.82) is 0 Å². The Balaban J connectivity index is 1.78. The van der Waals surface area contributed by atoms with Crippen molar-refractivity contribution in [2.75, 3.05) is 5.32 Å². The van der Waals surface area contributed by atoms with Crippen LogP contribution in [-0.4, -0.2) is 15.0 Å². The Hall–Kier alpha value is -1.73. The van der Waals surface area contributed by atoms with E-state index in [1.54, 1.807) is 0 Å². The van der Waals surface area contributed by atoms with E-state index >= 15 is 0 Å². The number of benzene rings is 3. The topological polar surface area (TPSA) is 12.0 Å². The second-order valence-electron chi connectivity index (χ2n) is 4.89. The van der Waals surface area contributed by atoms with Gasteiger partial charge in [-0.3, -0.25) is 0 Å². The summed E-state index contributed by atoms with van der Waals surface area (Å²) in [6.07, 6.45) is 0. The Labute approximate surface area is 142 Å². The first-order valence-corrected chi connectivity index (χ1v) is 9.20. The van der Waals surface area contributed by atoms with Gasteiger partial charge in [-0.1, -0.05) is 0 Å². The van der Waals surface area contributed by atoms with Crippen LogP contribution in [0.5, 0.6) is 0 Å². The third kappa shape index (κ3) is 4.14. The fraction of sp³-hybridized carbons (Fsp3) is 0.0526. The van der Waals surface area contributed by atoms with Crippen molar-refractivity contribution in [2.45, 2.75) is 6.54 Å². The molecule has 0 unspecified atom stereocenters. The molecule has 0 aliphatic rings. The summed E-state index contributed by atoms with van der Waals surface area (Å²) in [7, 11) is 0. The van der Waals surface area contributed by atoms with Crippen molar-refractivity contribution < 1.29 is 0 Å². The van der Waals surface area contributed by atoms with E-state index in [2.05, 4.69) is 66.0 Å². The predicted octanol–water partition coefficient (Wildman–Crippen LogP) is 3.61. The molecule has 0 aliphatic carbocycles. The molecule has 0 fully saturated rings. The van der Waals surface area contributed by atoms with Gasteiger partial charge in [-0.2, -0.15) is 0 Å². The molecular formula is C19H16ClNSe. The minimum absolute atomic E-state index is 0.241. The molecule has 3 aromatic carbocycles. The monoisotopic (exact) mass is 373 g/mol. The van der Waals surface area contributed by atoms with Gasteiger partial charge in [0.15, 0.2) is 0 Å². The van der Waals surface area contributed by atoms with Gasteiger partial charge in [-0.15, -0.1) is 0 Å². The third-order valence-electron chi connectivity index (χ3n) is 3.24. The van der Waals surface area contributed by atoms with Crippen LogP contribution in [0.15, 0.2) is 78.9 Å². The molecule has 0 aliphatic heterocycles. The summed E-state index contributed by atoms with van der Waals surface area (Å²) < 4.78 is 2.63. The average Bonchev–Trinajstić information content (AvgIpc) is 2.56. The second-order valence-corrected chi connectivity index (χ2v) is 7.67. The zero-order chi connectivity index (χ0) is 15.2. The molecule has 0 bridgehead atoms. The molecule has 1 nitrogen and oxygen atoms in total. The van der Waals surface area contributed by atoms with Crippen LogP contribution >= 0.6 is 11.6 Å². The zero-order valence-electron chi connectivity index (χ0n) is 12.0. The SMILES string of the molecule is Clc1ccc(NCc2ccccc2)c([Se]c2ccccc2)c1. The predicted molar refractivity (Wildman–Crippen MR) is 96.7 cm³/mol. The van der Waals surface area contributed by atoms with Crippen molar-refractivity contribution in [3.05, 3.63) is 89.4 Å². The molecule has 0 aromatic heterocycles. The first-order valence-electron chi connectivity index (χ1n) is 7.11. The van der Waals surface area contributed by atoms with Crippen molar-refractivity contribution in [2.24, 2.45) is 0 Å². The normalized spacial score (nSPS) is 10.4. The number of anilines is 1. The maximum absolute atomic E-state index is 6.18. The number of hydrogen-bond donors (Lipinski definition) is 1. The van der Waals surface area contributed by atoms with Crippen LogP contribution in [0.25, 0.3) is 0 Å². The van der Waals surface area contributed by atoms with E-state index in [0.717, 1.165) is 17.3 Å². The summed E-state index contributed by atoms with van der Waals surface area (Å²) in [5, 5.41) is 4.32. The van der Waals surface area contributed by atoms with E-state index in [4.69, 9.17) is 11.6 Å². The first kappa shape index (κ1) is 15.2. The third-order valence-corrected chi connectivity index (χ3v) is 5.71. The number of halogens is 1. The quantitative estimate of drug-likeness (QED) is 0.675. The Morgan fingerprint density at radius 2 is 1.50 bits per heavy atom. The molecule has 3 aromatic rings. The Morgan fingerprint density at radius 3 is 2.23 bits per heavy atom. The fourth-order valence-electron chi connectivity index (χ4n) is 2.14. The van der Waals surface area contributed by atoms with Gasteiger partial charge < -0.3 is 0 Å². The van der Waals surface area contributed by atoms with Gasteiger partial charge in [-0.05, 0) is 0 Å². The van der Waals surface area contributed by atoms with E-state index in [9.17, 15) is 0 Å². The summed E-state index contributed by atoms with van der Waals surface area (Å²) in [6, 6.07) is 27.1. The van der Waals surface area contributed by atoms with E-state index in [1.807, 2.05) is 18.2 Å². The van der Waals surface area contributed by atoms with Crippen molar-refractivity contribution >= 4 is 41.2 Å². The van der Waals surface area contributed by atoms with Crippen molar-refractivity contribution in [3.8, 4) is 0 Å². The van der Waals surface area contributed by atoms with Gasteiger partial charge in [0, 0.05) is 0 Å². The van der Waals surface area contributed by atoms with Crippen molar-refractivity contribution in [3.63, 3.8) is 0 Å². The van der Waals surface area contributed by atoms with Gasteiger partial charge >= 0.3 is 142 Å². The Kier molecular flexibility index (Phi) is 5.18. The molecule has 0 saturated carbocycles. The van der Waals surface area contributed by atoms with Crippen LogP contribution in [-0.2, 0) is 6.54 Å². The average molecular weight is 373 g/mol. The molecule has 1 N–H and O–H groups in total. The molecule has 0 heterocycles. The first-order chi connectivity index (χ1) is 10.8. The molecule has 3 rings (SSSR count). The number of nitrogens with one attached hydrogen (secondary N) is 1. The molecule has 22 heavy (non-hydrogen) atoms. The van der Waals surface area contributed by atoms with Crippen LogP contribution in [0.2, 0.25) is 5.02 Å². The van der Waals surface area contributed by atoms with Crippen LogP contribution < -0.4 is 14.2 Å². The van der Waals surface area contributed by atoms with E-state index < -0.39 is 0 Å². The van der Waals surface area contributed by atoms with Gasteiger partial charge in [0.2, 0.25) is 0 Å². The standard InChI is InChI=1S/C19H16ClNSe/c20-16-11-12-18(21-14-15-7-3-1-4-8-15)19(13-16)22-17-9-5-2-6-10-17/h1-13,21H,14H2. The summed E-state index contributed by atoms with van der Waals surface area (Å²) in [6.45, 7) is 0.820. The van der Waals surface area contributed by atoms with E-state index in [0.29, 0.717) is 0 Å². The van der Waals surface area contributed by atoms with Crippen LogP contribution in [0.1, 0.15) is 5.56 Å². The Bertz CT molecular complexity index is 729.